The molecule has 0 spiro atoms. The zero-order chi connectivity index (χ0) is 11.2. The molecule has 0 unspecified atom stereocenters. The first-order valence-electron chi connectivity index (χ1n) is 5.88. The molecule has 2 nitrogen and oxygen atoms in total. The van der Waals surface area contributed by atoms with E-state index in [1.54, 1.807) is 0 Å². The van der Waals surface area contributed by atoms with Crippen molar-refractivity contribution in [3.05, 3.63) is 28.7 Å². The molecular formula is C13H17BrN2. The van der Waals surface area contributed by atoms with Crippen LogP contribution >= 0.6 is 15.9 Å². The van der Waals surface area contributed by atoms with Crippen LogP contribution in [0.5, 0.6) is 0 Å². The van der Waals surface area contributed by atoms with Crippen LogP contribution in [0.3, 0.4) is 0 Å². The van der Waals surface area contributed by atoms with Crippen LogP contribution in [0.25, 0.3) is 0 Å². The number of rotatable bonds is 2. The molecule has 0 atom stereocenters. The minimum absolute atomic E-state index is 1.01. The van der Waals surface area contributed by atoms with Crippen LogP contribution in [0.15, 0.2) is 33.7 Å². The third kappa shape index (κ3) is 3.63. The molecule has 3 heteroatoms. The normalized spacial score (nSPS) is 17.7. The standard InChI is InChI=1S/C13H17BrN2/c14-12-6-5-7-13(10-12)15-11-16-8-3-1-2-4-9-16/h5-7,10-11H,1-4,8-9H2. The van der Waals surface area contributed by atoms with Gasteiger partial charge in [-0.15, -0.1) is 0 Å². The van der Waals surface area contributed by atoms with Crippen molar-refractivity contribution >= 4 is 28.0 Å². The van der Waals surface area contributed by atoms with Crippen molar-refractivity contribution in [1.82, 2.24) is 4.90 Å². The van der Waals surface area contributed by atoms with Gasteiger partial charge >= 0.3 is 0 Å². The van der Waals surface area contributed by atoms with Gasteiger partial charge in [0.15, 0.2) is 0 Å². The molecule has 0 aromatic heterocycles. The lowest BCUT2D eigenvalue weighted by molar-refractivity contribution is 0.448. The number of aliphatic imine (C=N–C) groups is 1. The van der Waals surface area contributed by atoms with Crippen molar-refractivity contribution < 1.29 is 0 Å². The average molecular weight is 281 g/mol. The van der Waals surface area contributed by atoms with Gasteiger partial charge in [-0.2, -0.15) is 0 Å². The van der Waals surface area contributed by atoms with Crippen LogP contribution in [-0.4, -0.2) is 24.3 Å². The Morgan fingerprint density at radius 2 is 1.88 bits per heavy atom. The Bertz CT molecular complexity index is 355. The summed E-state index contributed by atoms with van der Waals surface area (Å²) < 4.78 is 1.08. The lowest BCUT2D eigenvalue weighted by atomic mass is 10.2. The van der Waals surface area contributed by atoms with E-state index in [9.17, 15) is 0 Å². The van der Waals surface area contributed by atoms with Crippen molar-refractivity contribution in [1.29, 1.82) is 0 Å². The molecule has 16 heavy (non-hydrogen) atoms. The van der Waals surface area contributed by atoms with E-state index in [1.165, 1.54) is 25.7 Å². The first-order valence-corrected chi connectivity index (χ1v) is 6.68. The molecule has 1 heterocycles. The molecule has 2 rings (SSSR count). The smallest absolute Gasteiger partial charge is 0.0912 e. The largest absolute Gasteiger partial charge is 0.363 e. The summed E-state index contributed by atoms with van der Waals surface area (Å²) in [6.45, 7) is 2.30. The highest BCUT2D eigenvalue weighted by Gasteiger charge is 2.04. The molecule has 1 aromatic carbocycles. The fourth-order valence-electron chi connectivity index (χ4n) is 1.92. The van der Waals surface area contributed by atoms with E-state index in [2.05, 4.69) is 25.8 Å². The quantitative estimate of drug-likeness (QED) is 0.591. The SMILES string of the molecule is Brc1cccc(N=CN2CCCCCC2)c1. The Morgan fingerprint density at radius 3 is 2.56 bits per heavy atom. The van der Waals surface area contributed by atoms with Crippen LogP contribution in [-0.2, 0) is 0 Å². The number of benzene rings is 1. The summed E-state index contributed by atoms with van der Waals surface area (Å²) >= 11 is 3.45. The molecule has 1 aliphatic rings. The summed E-state index contributed by atoms with van der Waals surface area (Å²) in [5, 5.41) is 0. The van der Waals surface area contributed by atoms with E-state index in [0.29, 0.717) is 0 Å². The fraction of sp³-hybridized carbons (Fsp3) is 0.462. The number of hydrogen-bond donors (Lipinski definition) is 0. The Hall–Kier alpha value is -0.830. The number of halogens is 1. The monoisotopic (exact) mass is 280 g/mol. The molecule has 0 aliphatic carbocycles. The molecule has 1 aliphatic heterocycles. The molecule has 0 N–H and O–H groups in total. The molecular weight excluding hydrogens is 264 g/mol. The third-order valence-electron chi connectivity index (χ3n) is 2.82. The van der Waals surface area contributed by atoms with Crippen molar-refractivity contribution in [3.63, 3.8) is 0 Å². The van der Waals surface area contributed by atoms with E-state index >= 15 is 0 Å². The van der Waals surface area contributed by atoms with Gasteiger partial charge in [0.25, 0.3) is 0 Å². The molecule has 1 fully saturated rings. The zero-order valence-corrected chi connectivity index (χ0v) is 11.0. The van der Waals surface area contributed by atoms with Gasteiger partial charge in [0.2, 0.25) is 0 Å². The van der Waals surface area contributed by atoms with E-state index < -0.39 is 0 Å². The predicted molar refractivity (Wildman–Crippen MR) is 72.3 cm³/mol. The van der Waals surface area contributed by atoms with Gasteiger partial charge in [-0.25, -0.2) is 4.99 Å². The number of likely N-dealkylation sites (tertiary alicyclic amines) is 1. The Labute approximate surface area is 106 Å². The fourth-order valence-corrected chi connectivity index (χ4v) is 2.30. The predicted octanol–water partition coefficient (Wildman–Crippen LogP) is 3.98. The van der Waals surface area contributed by atoms with Crippen LogP contribution in [0, 0.1) is 0 Å². The van der Waals surface area contributed by atoms with Gasteiger partial charge < -0.3 is 4.90 Å². The summed E-state index contributed by atoms with van der Waals surface area (Å²) in [6.07, 6.45) is 7.31. The van der Waals surface area contributed by atoms with E-state index in [1.807, 2.05) is 30.6 Å². The van der Waals surface area contributed by atoms with Gasteiger partial charge in [-0.3, -0.25) is 0 Å². The van der Waals surface area contributed by atoms with Crippen molar-refractivity contribution in [3.8, 4) is 0 Å². The number of nitrogens with zero attached hydrogens (tertiary/aromatic N) is 2. The van der Waals surface area contributed by atoms with Crippen molar-refractivity contribution in [2.24, 2.45) is 4.99 Å². The summed E-state index contributed by atoms with van der Waals surface area (Å²) in [5.41, 5.74) is 1.01. The maximum atomic E-state index is 4.50. The molecule has 1 aromatic rings. The minimum atomic E-state index is 1.01. The van der Waals surface area contributed by atoms with Gasteiger partial charge in [-0.05, 0) is 31.0 Å². The zero-order valence-electron chi connectivity index (χ0n) is 9.40. The first-order chi connectivity index (χ1) is 7.84. The van der Waals surface area contributed by atoms with E-state index in [-0.39, 0.29) is 0 Å². The number of hydrogen-bond acceptors (Lipinski definition) is 1. The Kier molecular flexibility index (Phi) is 4.40. The Balaban J connectivity index is 1.97. The highest BCUT2D eigenvalue weighted by atomic mass is 79.9. The van der Waals surface area contributed by atoms with Crippen molar-refractivity contribution in [2.75, 3.05) is 13.1 Å². The summed E-state index contributed by atoms with van der Waals surface area (Å²) in [5.74, 6) is 0. The minimum Gasteiger partial charge on any atom is -0.363 e. The second-order valence-electron chi connectivity index (χ2n) is 4.17. The molecule has 1 saturated heterocycles. The van der Waals surface area contributed by atoms with Crippen molar-refractivity contribution in [2.45, 2.75) is 25.7 Å². The maximum absolute atomic E-state index is 4.50. The van der Waals surface area contributed by atoms with Gasteiger partial charge in [-0.1, -0.05) is 34.8 Å². The maximum Gasteiger partial charge on any atom is 0.0912 e. The molecule has 0 saturated carbocycles. The molecule has 86 valence electrons. The first kappa shape index (κ1) is 11.6. The lowest BCUT2D eigenvalue weighted by Gasteiger charge is -2.15. The van der Waals surface area contributed by atoms with Crippen LogP contribution in [0.4, 0.5) is 5.69 Å². The van der Waals surface area contributed by atoms with Gasteiger partial charge in [0, 0.05) is 17.6 Å². The summed E-state index contributed by atoms with van der Waals surface area (Å²) in [6, 6.07) is 8.09. The van der Waals surface area contributed by atoms with Crippen LogP contribution in [0.2, 0.25) is 0 Å². The second-order valence-corrected chi connectivity index (χ2v) is 5.09. The van der Waals surface area contributed by atoms with E-state index in [4.69, 9.17) is 0 Å². The topological polar surface area (TPSA) is 15.6 Å². The Morgan fingerprint density at radius 1 is 1.12 bits per heavy atom. The highest BCUT2D eigenvalue weighted by molar-refractivity contribution is 9.10. The third-order valence-corrected chi connectivity index (χ3v) is 3.31. The summed E-state index contributed by atoms with van der Waals surface area (Å²) in [7, 11) is 0. The highest BCUT2D eigenvalue weighted by Crippen LogP contribution is 2.18. The van der Waals surface area contributed by atoms with Gasteiger partial charge in [0.1, 0.15) is 0 Å². The molecule has 0 radical (unpaired) electrons. The molecule has 0 bridgehead atoms. The molecule has 0 amide bonds. The van der Waals surface area contributed by atoms with Crippen LogP contribution in [0.1, 0.15) is 25.7 Å². The average Bonchev–Trinajstić information content (AvgIpc) is 2.55. The van der Waals surface area contributed by atoms with Gasteiger partial charge in [0.05, 0.1) is 12.0 Å². The lowest BCUT2D eigenvalue weighted by Crippen LogP contribution is -2.22. The van der Waals surface area contributed by atoms with E-state index in [0.717, 1.165) is 23.2 Å². The summed E-state index contributed by atoms with van der Waals surface area (Å²) in [4.78, 5) is 6.83. The second kappa shape index (κ2) is 6.04. The van der Waals surface area contributed by atoms with Crippen LogP contribution < -0.4 is 0 Å².